The molecule has 0 fully saturated rings. The molecule has 2 aromatic rings. The second kappa shape index (κ2) is 3.62. The van der Waals surface area contributed by atoms with Gasteiger partial charge in [-0.15, -0.1) is 0 Å². The van der Waals surface area contributed by atoms with Gasteiger partial charge in [-0.05, 0) is 37.6 Å². The number of benzene rings is 1. The van der Waals surface area contributed by atoms with Crippen LogP contribution in [-0.2, 0) is 0 Å². The Balaban J connectivity index is 2.57. The summed E-state index contributed by atoms with van der Waals surface area (Å²) in [4.78, 5) is 4.35. The summed E-state index contributed by atoms with van der Waals surface area (Å²) < 4.78 is 0. The van der Waals surface area contributed by atoms with Crippen molar-refractivity contribution in [3.05, 3.63) is 53.7 Å². The van der Waals surface area contributed by atoms with Crippen molar-refractivity contribution in [2.75, 3.05) is 0 Å². The number of aryl methyl sites for hydroxylation is 2. The van der Waals surface area contributed by atoms with Gasteiger partial charge in [0.1, 0.15) is 0 Å². The summed E-state index contributed by atoms with van der Waals surface area (Å²) in [5.41, 5.74) is 4.82. The Hall–Kier alpha value is -1.63. The zero-order chi connectivity index (χ0) is 9.97. The molecule has 0 aliphatic heterocycles. The third kappa shape index (κ3) is 1.67. The van der Waals surface area contributed by atoms with Crippen LogP contribution >= 0.6 is 0 Å². The first-order valence-corrected chi connectivity index (χ1v) is 4.76. The Morgan fingerprint density at radius 2 is 1.86 bits per heavy atom. The first-order chi connectivity index (χ1) is 6.77. The first kappa shape index (κ1) is 8.95. The molecule has 0 N–H and O–H groups in total. The molecule has 0 saturated carbocycles. The van der Waals surface area contributed by atoms with Crippen LogP contribution in [0, 0.1) is 13.8 Å². The lowest BCUT2D eigenvalue weighted by molar-refractivity contribution is 1.29. The number of aromatic nitrogens is 1. The fourth-order valence-electron chi connectivity index (χ4n) is 1.53. The predicted molar refractivity (Wildman–Crippen MR) is 59.1 cm³/mol. The quantitative estimate of drug-likeness (QED) is 0.660. The molecule has 0 unspecified atom stereocenters. The average Bonchev–Trinajstić information content (AvgIpc) is 2.23. The molecule has 0 aliphatic rings. The molecular weight excluding hydrogens is 170 g/mol. The molecule has 1 nitrogen and oxygen atoms in total. The zero-order valence-corrected chi connectivity index (χ0v) is 8.49. The fraction of sp³-hybridized carbons (Fsp3) is 0.154. The summed E-state index contributed by atoms with van der Waals surface area (Å²) in [5, 5.41) is 0. The van der Waals surface area contributed by atoms with Gasteiger partial charge in [0.25, 0.3) is 0 Å². The van der Waals surface area contributed by atoms with Crippen LogP contribution in [0.3, 0.4) is 0 Å². The molecule has 0 spiro atoms. The van der Waals surface area contributed by atoms with Crippen LogP contribution in [0.1, 0.15) is 11.1 Å². The summed E-state index contributed by atoms with van der Waals surface area (Å²) in [6, 6.07) is 12.4. The van der Waals surface area contributed by atoms with Crippen LogP contribution in [0.15, 0.2) is 42.6 Å². The van der Waals surface area contributed by atoms with Crippen molar-refractivity contribution < 1.29 is 0 Å². The normalized spacial score (nSPS) is 10.1. The van der Waals surface area contributed by atoms with E-state index in [0.29, 0.717) is 0 Å². The maximum absolute atomic E-state index is 4.35. The van der Waals surface area contributed by atoms with Gasteiger partial charge in [0, 0.05) is 11.8 Å². The van der Waals surface area contributed by atoms with Crippen LogP contribution < -0.4 is 0 Å². The van der Waals surface area contributed by atoms with Gasteiger partial charge < -0.3 is 0 Å². The second-order valence-electron chi connectivity index (χ2n) is 3.53. The molecule has 14 heavy (non-hydrogen) atoms. The largest absolute Gasteiger partial charge is 0.256 e. The highest BCUT2D eigenvalue weighted by molar-refractivity contribution is 5.63. The van der Waals surface area contributed by atoms with Crippen molar-refractivity contribution >= 4 is 0 Å². The topological polar surface area (TPSA) is 12.9 Å². The lowest BCUT2D eigenvalue weighted by Crippen LogP contribution is -1.86. The molecule has 0 radical (unpaired) electrons. The monoisotopic (exact) mass is 183 g/mol. The van der Waals surface area contributed by atoms with Gasteiger partial charge in [0.05, 0.1) is 5.69 Å². The SMILES string of the molecule is Cc1ccc(C)c(-c2ccccn2)c1. The molecule has 2 rings (SSSR count). The fourth-order valence-corrected chi connectivity index (χ4v) is 1.53. The minimum Gasteiger partial charge on any atom is -0.256 e. The van der Waals surface area contributed by atoms with E-state index in [0.717, 1.165) is 5.69 Å². The summed E-state index contributed by atoms with van der Waals surface area (Å²) in [7, 11) is 0. The van der Waals surface area contributed by atoms with E-state index in [-0.39, 0.29) is 0 Å². The number of rotatable bonds is 1. The summed E-state index contributed by atoms with van der Waals surface area (Å²) >= 11 is 0. The lowest BCUT2D eigenvalue weighted by atomic mass is 10.0. The zero-order valence-electron chi connectivity index (χ0n) is 8.49. The highest BCUT2D eigenvalue weighted by Crippen LogP contribution is 2.21. The maximum atomic E-state index is 4.35. The number of hydrogen-bond acceptors (Lipinski definition) is 1. The van der Waals surface area contributed by atoms with Gasteiger partial charge in [0.15, 0.2) is 0 Å². The van der Waals surface area contributed by atoms with Crippen molar-refractivity contribution in [1.82, 2.24) is 4.98 Å². The maximum Gasteiger partial charge on any atom is 0.0704 e. The molecular formula is C13H13N. The van der Waals surface area contributed by atoms with E-state index in [1.54, 1.807) is 0 Å². The molecule has 0 saturated heterocycles. The minimum atomic E-state index is 1.05. The highest BCUT2D eigenvalue weighted by atomic mass is 14.7. The molecule has 1 aromatic carbocycles. The molecule has 0 atom stereocenters. The second-order valence-corrected chi connectivity index (χ2v) is 3.53. The van der Waals surface area contributed by atoms with Gasteiger partial charge in [-0.1, -0.05) is 23.8 Å². The Bertz CT molecular complexity index is 432. The minimum absolute atomic E-state index is 1.05. The number of hydrogen-bond donors (Lipinski definition) is 0. The van der Waals surface area contributed by atoms with Crippen LogP contribution in [0.5, 0.6) is 0 Å². The molecule has 0 amide bonds. The van der Waals surface area contributed by atoms with Crippen molar-refractivity contribution in [3.63, 3.8) is 0 Å². The van der Waals surface area contributed by atoms with Crippen molar-refractivity contribution in [3.8, 4) is 11.3 Å². The Morgan fingerprint density at radius 3 is 2.57 bits per heavy atom. The van der Waals surface area contributed by atoms with Gasteiger partial charge in [-0.25, -0.2) is 0 Å². The van der Waals surface area contributed by atoms with E-state index in [1.807, 2.05) is 24.4 Å². The molecule has 0 bridgehead atoms. The van der Waals surface area contributed by atoms with Gasteiger partial charge in [0.2, 0.25) is 0 Å². The van der Waals surface area contributed by atoms with E-state index >= 15 is 0 Å². The summed E-state index contributed by atoms with van der Waals surface area (Å²) in [5.74, 6) is 0. The van der Waals surface area contributed by atoms with Crippen molar-refractivity contribution in [1.29, 1.82) is 0 Å². The smallest absolute Gasteiger partial charge is 0.0704 e. The predicted octanol–water partition coefficient (Wildman–Crippen LogP) is 3.37. The average molecular weight is 183 g/mol. The Morgan fingerprint density at radius 1 is 1.00 bits per heavy atom. The molecule has 70 valence electrons. The Kier molecular flexibility index (Phi) is 2.32. The summed E-state index contributed by atoms with van der Waals surface area (Å²) in [6.45, 7) is 4.22. The molecule has 0 aliphatic carbocycles. The third-order valence-corrected chi connectivity index (χ3v) is 2.33. The van der Waals surface area contributed by atoms with Crippen molar-refractivity contribution in [2.24, 2.45) is 0 Å². The standard InChI is InChI=1S/C13H13N/c1-10-6-7-11(2)12(9-10)13-5-3-4-8-14-13/h3-9H,1-2H3. The first-order valence-electron chi connectivity index (χ1n) is 4.76. The lowest BCUT2D eigenvalue weighted by Gasteiger charge is -2.05. The van der Waals surface area contributed by atoms with E-state index in [4.69, 9.17) is 0 Å². The molecule has 1 heterocycles. The number of nitrogens with zero attached hydrogens (tertiary/aromatic N) is 1. The number of pyridine rings is 1. The summed E-state index contributed by atoms with van der Waals surface area (Å²) in [6.07, 6.45) is 1.83. The molecule has 1 heteroatoms. The van der Waals surface area contributed by atoms with E-state index in [9.17, 15) is 0 Å². The van der Waals surface area contributed by atoms with Crippen LogP contribution in [0.4, 0.5) is 0 Å². The van der Waals surface area contributed by atoms with E-state index < -0.39 is 0 Å². The van der Waals surface area contributed by atoms with Gasteiger partial charge >= 0.3 is 0 Å². The van der Waals surface area contributed by atoms with E-state index in [2.05, 4.69) is 37.0 Å². The highest BCUT2D eigenvalue weighted by Gasteiger charge is 2.01. The van der Waals surface area contributed by atoms with Crippen LogP contribution in [0.2, 0.25) is 0 Å². The van der Waals surface area contributed by atoms with Gasteiger partial charge in [-0.2, -0.15) is 0 Å². The van der Waals surface area contributed by atoms with E-state index in [1.165, 1.54) is 16.7 Å². The Labute approximate surface area is 84.4 Å². The third-order valence-electron chi connectivity index (χ3n) is 2.33. The van der Waals surface area contributed by atoms with Crippen LogP contribution in [0.25, 0.3) is 11.3 Å². The van der Waals surface area contributed by atoms with Gasteiger partial charge in [-0.3, -0.25) is 4.98 Å². The van der Waals surface area contributed by atoms with Crippen molar-refractivity contribution in [2.45, 2.75) is 13.8 Å². The van der Waals surface area contributed by atoms with Crippen LogP contribution in [-0.4, -0.2) is 4.98 Å². The molecule has 1 aromatic heterocycles.